The van der Waals surface area contributed by atoms with E-state index in [1.54, 1.807) is 7.11 Å². The lowest BCUT2D eigenvalue weighted by molar-refractivity contribution is -0.000253. The fourth-order valence-electron chi connectivity index (χ4n) is 2.99. The molecule has 25 heavy (non-hydrogen) atoms. The Morgan fingerprint density at radius 2 is 2.20 bits per heavy atom. The second-order valence-electron chi connectivity index (χ2n) is 6.20. The standard InChI is InChI=1S/C17H29N5O3/c1-18-16-5-6-20-17(22-16)21-12-3-4-14(23-2)15(9-12)25-11-13-10-19-7-8-24-13/h3-4,9,13,16-22H,5-8,10-11H2,1-2H3/t13-,16?,17?/m0/s1. The summed E-state index contributed by atoms with van der Waals surface area (Å²) in [5, 5.41) is 16.8. The molecule has 8 nitrogen and oxygen atoms in total. The van der Waals surface area contributed by atoms with E-state index in [9.17, 15) is 0 Å². The minimum Gasteiger partial charge on any atom is -0.493 e. The molecule has 2 heterocycles. The Labute approximate surface area is 149 Å². The molecule has 0 aromatic heterocycles. The fourth-order valence-corrected chi connectivity index (χ4v) is 2.99. The van der Waals surface area contributed by atoms with Gasteiger partial charge in [-0.1, -0.05) is 0 Å². The van der Waals surface area contributed by atoms with Crippen LogP contribution < -0.4 is 36.1 Å². The first kappa shape index (κ1) is 18.2. The topological polar surface area (TPSA) is 87.8 Å². The third-order valence-corrected chi connectivity index (χ3v) is 4.40. The minimum absolute atomic E-state index is 0.00155. The summed E-state index contributed by atoms with van der Waals surface area (Å²) in [5.74, 6) is 1.43. The van der Waals surface area contributed by atoms with E-state index in [0.29, 0.717) is 24.3 Å². The second kappa shape index (κ2) is 9.21. The SMILES string of the molecule is CNC1CCNC(Nc2ccc(OC)c(OC[C@@H]3CNCCO3)c2)N1. The van der Waals surface area contributed by atoms with Crippen LogP contribution >= 0.6 is 0 Å². The normalized spacial score (nSPS) is 26.9. The number of hydrogen-bond donors (Lipinski definition) is 5. The van der Waals surface area contributed by atoms with Crippen LogP contribution in [-0.4, -0.2) is 65.6 Å². The fraction of sp³-hybridized carbons (Fsp3) is 0.647. The van der Waals surface area contributed by atoms with Crippen molar-refractivity contribution >= 4 is 5.69 Å². The molecule has 0 saturated carbocycles. The predicted octanol–water partition coefficient (Wildman–Crippen LogP) is -0.114. The zero-order valence-electron chi connectivity index (χ0n) is 14.9. The third-order valence-electron chi connectivity index (χ3n) is 4.40. The second-order valence-corrected chi connectivity index (χ2v) is 6.20. The van der Waals surface area contributed by atoms with Crippen molar-refractivity contribution in [3.8, 4) is 11.5 Å². The van der Waals surface area contributed by atoms with E-state index in [-0.39, 0.29) is 12.4 Å². The van der Waals surface area contributed by atoms with Gasteiger partial charge in [-0.3, -0.25) is 10.6 Å². The molecule has 3 rings (SSSR count). The molecule has 0 amide bonds. The number of rotatable bonds is 7. The van der Waals surface area contributed by atoms with Gasteiger partial charge in [-0.25, -0.2) is 0 Å². The first-order valence-corrected chi connectivity index (χ1v) is 8.85. The summed E-state index contributed by atoms with van der Waals surface area (Å²) in [7, 11) is 3.61. The first-order chi connectivity index (χ1) is 12.3. The maximum absolute atomic E-state index is 5.96. The summed E-state index contributed by atoms with van der Waals surface area (Å²) < 4.78 is 17.0. The maximum Gasteiger partial charge on any atom is 0.163 e. The van der Waals surface area contributed by atoms with Crippen molar-refractivity contribution in [3.05, 3.63) is 18.2 Å². The van der Waals surface area contributed by atoms with Crippen LogP contribution in [0.1, 0.15) is 6.42 Å². The number of anilines is 1. The summed E-state index contributed by atoms with van der Waals surface area (Å²) in [6.45, 7) is 3.87. The van der Waals surface area contributed by atoms with E-state index in [2.05, 4.69) is 26.6 Å². The molecule has 0 spiro atoms. The van der Waals surface area contributed by atoms with Gasteiger partial charge in [0.1, 0.15) is 19.0 Å². The van der Waals surface area contributed by atoms with Crippen LogP contribution in [0.3, 0.4) is 0 Å². The lowest BCUT2D eigenvalue weighted by Gasteiger charge is -2.33. The van der Waals surface area contributed by atoms with Crippen LogP contribution in [-0.2, 0) is 4.74 Å². The van der Waals surface area contributed by atoms with Crippen molar-refractivity contribution in [1.82, 2.24) is 21.3 Å². The van der Waals surface area contributed by atoms with Crippen LogP contribution in [0.25, 0.3) is 0 Å². The number of morpholine rings is 1. The Morgan fingerprint density at radius 3 is 2.96 bits per heavy atom. The molecule has 5 N–H and O–H groups in total. The summed E-state index contributed by atoms with van der Waals surface area (Å²) in [5.41, 5.74) is 0.959. The maximum atomic E-state index is 5.96. The van der Waals surface area contributed by atoms with Crippen LogP contribution in [0.4, 0.5) is 5.69 Å². The number of nitrogens with one attached hydrogen (secondary N) is 5. The molecule has 1 aromatic rings. The van der Waals surface area contributed by atoms with Gasteiger partial charge in [0.05, 0.1) is 19.9 Å². The Bertz CT molecular complexity index is 539. The van der Waals surface area contributed by atoms with E-state index >= 15 is 0 Å². The first-order valence-electron chi connectivity index (χ1n) is 8.85. The number of methoxy groups -OCH3 is 1. The lowest BCUT2D eigenvalue weighted by Crippen LogP contribution is -2.61. The van der Waals surface area contributed by atoms with Crippen LogP contribution in [0, 0.1) is 0 Å². The molecule has 2 saturated heterocycles. The van der Waals surface area contributed by atoms with Gasteiger partial charge in [0.2, 0.25) is 0 Å². The number of benzene rings is 1. The van der Waals surface area contributed by atoms with Gasteiger partial charge in [0.15, 0.2) is 11.5 Å². The van der Waals surface area contributed by atoms with E-state index < -0.39 is 0 Å². The van der Waals surface area contributed by atoms with Crippen LogP contribution in [0.2, 0.25) is 0 Å². The van der Waals surface area contributed by atoms with Gasteiger partial charge in [-0.05, 0) is 25.6 Å². The minimum atomic E-state index is -0.00155. The van der Waals surface area contributed by atoms with E-state index in [0.717, 1.165) is 38.3 Å². The quantitative estimate of drug-likeness (QED) is 0.465. The van der Waals surface area contributed by atoms with Crippen LogP contribution in [0.5, 0.6) is 11.5 Å². The smallest absolute Gasteiger partial charge is 0.163 e. The van der Waals surface area contributed by atoms with Crippen molar-refractivity contribution < 1.29 is 14.2 Å². The molecular formula is C17H29N5O3. The van der Waals surface area contributed by atoms with Crippen molar-refractivity contribution in [1.29, 1.82) is 0 Å². The number of hydrogen-bond acceptors (Lipinski definition) is 8. The Kier molecular flexibility index (Phi) is 6.71. The Hall–Kier alpha value is -1.58. The molecule has 2 aliphatic heterocycles. The predicted molar refractivity (Wildman–Crippen MR) is 97.1 cm³/mol. The van der Waals surface area contributed by atoms with Crippen molar-refractivity contribution in [2.75, 3.05) is 52.3 Å². The summed E-state index contributed by atoms with van der Waals surface area (Å²) in [6.07, 6.45) is 1.40. The average Bonchev–Trinajstić information content (AvgIpc) is 2.67. The molecule has 0 radical (unpaired) electrons. The molecule has 0 aliphatic carbocycles. The van der Waals surface area contributed by atoms with Gasteiger partial charge < -0.3 is 30.2 Å². The van der Waals surface area contributed by atoms with E-state index in [1.807, 2.05) is 25.2 Å². The average molecular weight is 351 g/mol. The number of ether oxygens (including phenoxy) is 3. The molecule has 0 bridgehead atoms. The monoisotopic (exact) mass is 351 g/mol. The zero-order valence-corrected chi connectivity index (χ0v) is 14.9. The van der Waals surface area contributed by atoms with Crippen molar-refractivity contribution in [2.24, 2.45) is 0 Å². The highest BCUT2D eigenvalue weighted by Gasteiger charge is 2.19. The summed E-state index contributed by atoms with van der Waals surface area (Å²) in [6, 6.07) is 5.86. The van der Waals surface area contributed by atoms with E-state index in [1.165, 1.54) is 0 Å². The summed E-state index contributed by atoms with van der Waals surface area (Å²) >= 11 is 0. The molecule has 140 valence electrons. The third kappa shape index (κ3) is 5.20. The largest absolute Gasteiger partial charge is 0.493 e. The molecule has 2 fully saturated rings. The highest BCUT2D eigenvalue weighted by molar-refractivity contribution is 5.55. The highest BCUT2D eigenvalue weighted by Crippen LogP contribution is 2.30. The Balaban J connectivity index is 1.60. The van der Waals surface area contributed by atoms with Gasteiger partial charge in [-0.2, -0.15) is 0 Å². The molecule has 2 aliphatic rings. The van der Waals surface area contributed by atoms with Gasteiger partial charge in [-0.15, -0.1) is 0 Å². The molecular weight excluding hydrogens is 322 g/mol. The lowest BCUT2D eigenvalue weighted by atomic mass is 10.2. The molecule has 1 aromatic carbocycles. The molecule has 8 heteroatoms. The zero-order chi connectivity index (χ0) is 17.5. The Morgan fingerprint density at radius 1 is 1.28 bits per heavy atom. The molecule has 3 atom stereocenters. The van der Waals surface area contributed by atoms with Crippen molar-refractivity contribution in [3.63, 3.8) is 0 Å². The van der Waals surface area contributed by atoms with E-state index in [4.69, 9.17) is 14.2 Å². The van der Waals surface area contributed by atoms with Crippen molar-refractivity contribution in [2.45, 2.75) is 25.0 Å². The van der Waals surface area contributed by atoms with Gasteiger partial charge >= 0.3 is 0 Å². The summed E-state index contributed by atoms with van der Waals surface area (Å²) in [4.78, 5) is 0. The molecule has 2 unspecified atom stereocenters. The van der Waals surface area contributed by atoms with Gasteiger partial charge in [0.25, 0.3) is 0 Å². The highest BCUT2D eigenvalue weighted by atomic mass is 16.5. The van der Waals surface area contributed by atoms with Gasteiger partial charge in [0, 0.05) is 31.4 Å². The van der Waals surface area contributed by atoms with Crippen LogP contribution in [0.15, 0.2) is 18.2 Å².